The van der Waals surface area contributed by atoms with E-state index in [1.165, 1.54) is 0 Å². The zero-order chi connectivity index (χ0) is 8.59. The van der Waals surface area contributed by atoms with E-state index >= 15 is 0 Å². The first-order valence-electron chi connectivity index (χ1n) is 2.87. The third kappa shape index (κ3) is 1.79. The van der Waals surface area contributed by atoms with Gasteiger partial charge in [-0.1, -0.05) is 0 Å². The molecule has 1 N–H and O–H groups in total. The van der Waals surface area contributed by atoms with E-state index in [4.69, 9.17) is 0 Å². The van der Waals surface area contributed by atoms with E-state index in [-0.39, 0.29) is 5.75 Å². The molecule has 0 aliphatic carbocycles. The zero-order valence-corrected chi connectivity index (χ0v) is 10.4. The highest BCUT2D eigenvalue weighted by molar-refractivity contribution is 9.14. The first kappa shape index (κ1) is 9.55. The smallest absolute Gasteiger partial charge is 0.131 e. The number of rotatable bonds is 0. The Morgan fingerprint density at radius 2 is 1.64 bits per heavy atom. The van der Waals surface area contributed by atoms with Crippen LogP contribution in [0.1, 0.15) is 5.56 Å². The highest BCUT2D eigenvalue weighted by Crippen LogP contribution is 2.39. The Bertz CT molecular complexity index is 270. The number of phenols is 1. The van der Waals surface area contributed by atoms with Gasteiger partial charge in [0.1, 0.15) is 5.75 Å². The molecule has 1 nitrogen and oxygen atoms in total. The van der Waals surface area contributed by atoms with Crippen molar-refractivity contribution in [3.05, 3.63) is 25.0 Å². The molecule has 1 aromatic carbocycles. The summed E-state index contributed by atoms with van der Waals surface area (Å²) >= 11 is 9.94. The molecule has 0 saturated heterocycles. The topological polar surface area (TPSA) is 20.2 Å². The second kappa shape index (κ2) is 3.46. The van der Waals surface area contributed by atoms with Crippen LogP contribution < -0.4 is 0 Å². The van der Waals surface area contributed by atoms with Crippen LogP contribution in [0.5, 0.6) is 5.75 Å². The van der Waals surface area contributed by atoms with Crippen molar-refractivity contribution in [2.75, 3.05) is 0 Å². The van der Waals surface area contributed by atoms with Crippen LogP contribution in [0, 0.1) is 6.92 Å². The van der Waals surface area contributed by atoms with Crippen LogP contribution in [-0.4, -0.2) is 5.11 Å². The minimum atomic E-state index is 0.248. The molecular weight excluding hydrogens is 340 g/mol. The summed E-state index contributed by atoms with van der Waals surface area (Å²) < 4.78 is 2.48. The van der Waals surface area contributed by atoms with Gasteiger partial charge in [0, 0.05) is 8.95 Å². The van der Waals surface area contributed by atoms with Gasteiger partial charge in [0.05, 0.1) is 4.47 Å². The largest absolute Gasteiger partial charge is 0.507 e. The summed E-state index contributed by atoms with van der Waals surface area (Å²) in [5.74, 6) is 0.248. The molecule has 0 aromatic heterocycles. The molecule has 0 heterocycles. The van der Waals surface area contributed by atoms with Gasteiger partial charge in [-0.2, -0.15) is 0 Å². The Morgan fingerprint density at radius 1 is 1.09 bits per heavy atom. The van der Waals surface area contributed by atoms with E-state index in [1.54, 1.807) is 6.07 Å². The quantitative estimate of drug-likeness (QED) is 0.706. The molecule has 0 spiro atoms. The van der Waals surface area contributed by atoms with Crippen LogP contribution >= 0.6 is 47.8 Å². The van der Waals surface area contributed by atoms with Gasteiger partial charge in [-0.25, -0.2) is 0 Å². The lowest BCUT2D eigenvalue weighted by Gasteiger charge is -2.05. The van der Waals surface area contributed by atoms with Crippen LogP contribution in [0.4, 0.5) is 0 Å². The van der Waals surface area contributed by atoms with Gasteiger partial charge in [0.15, 0.2) is 0 Å². The van der Waals surface area contributed by atoms with E-state index in [0.717, 1.165) is 14.5 Å². The maximum atomic E-state index is 9.31. The molecule has 0 radical (unpaired) electrons. The van der Waals surface area contributed by atoms with Crippen LogP contribution in [0.3, 0.4) is 0 Å². The lowest BCUT2D eigenvalue weighted by molar-refractivity contribution is 0.471. The third-order valence-corrected chi connectivity index (χ3v) is 4.99. The number of phenolic OH excluding ortho intramolecular Hbond substituents is 1. The third-order valence-electron chi connectivity index (χ3n) is 1.31. The van der Waals surface area contributed by atoms with Gasteiger partial charge in [-0.15, -0.1) is 0 Å². The van der Waals surface area contributed by atoms with Crippen molar-refractivity contribution in [1.29, 1.82) is 0 Å². The Hall–Kier alpha value is 0.460. The van der Waals surface area contributed by atoms with Crippen LogP contribution in [0.25, 0.3) is 0 Å². The molecule has 0 aliphatic heterocycles. The van der Waals surface area contributed by atoms with Crippen molar-refractivity contribution in [2.45, 2.75) is 6.92 Å². The summed E-state index contributed by atoms with van der Waals surface area (Å²) in [5.41, 5.74) is 0.998. The minimum absolute atomic E-state index is 0.248. The Morgan fingerprint density at radius 3 is 2.18 bits per heavy atom. The highest BCUT2D eigenvalue weighted by Gasteiger charge is 2.08. The number of hydrogen-bond donors (Lipinski definition) is 1. The summed E-state index contributed by atoms with van der Waals surface area (Å²) in [4.78, 5) is 0. The number of benzene rings is 1. The predicted octanol–water partition coefficient (Wildman–Crippen LogP) is 3.99. The van der Waals surface area contributed by atoms with Crippen molar-refractivity contribution in [3.63, 3.8) is 0 Å². The fraction of sp³-hybridized carbons (Fsp3) is 0.143. The van der Waals surface area contributed by atoms with Gasteiger partial charge in [-0.3, -0.25) is 0 Å². The fourth-order valence-electron chi connectivity index (χ4n) is 0.714. The van der Waals surface area contributed by atoms with Gasteiger partial charge >= 0.3 is 0 Å². The molecule has 1 rings (SSSR count). The summed E-state index contributed by atoms with van der Waals surface area (Å²) in [6.45, 7) is 1.92. The molecular formula is C7H5Br3O. The molecule has 0 unspecified atom stereocenters. The van der Waals surface area contributed by atoms with Crippen LogP contribution in [0.15, 0.2) is 19.5 Å². The van der Waals surface area contributed by atoms with E-state index in [2.05, 4.69) is 47.8 Å². The van der Waals surface area contributed by atoms with E-state index in [9.17, 15) is 5.11 Å². The number of aryl methyl sites for hydroxylation is 1. The Kier molecular flexibility index (Phi) is 3.00. The summed E-state index contributed by atoms with van der Waals surface area (Å²) in [7, 11) is 0. The fourth-order valence-corrected chi connectivity index (χ4v) is 2.12. The molecule has 0 bridgehead atoms. The second-order valence-electron chi connectivity index (χ2n) is 2.15. The van der Waals surface area contributed by atoms with E-state index in [0.29, 0.717) is 4.47 Å². The molecule has 0 amide bonds. The molecule has 0 saturated carbocycles. The lowest BCUT2D eigenvalue weighted by atomic mass is 10.2. The molecule has 4 heteroatoms. The van der Waals surface area contributed by atoms with Gasteiger partial charge in [-0.05, 0) is 66.3 Å². The van der Waals surface area contributed by atoms with Crippen LogP contribution in [-0.2, 0) is 0 Å². The predicted molar refractivity (Wildman–Crippen MR) is 55.9 cm³/mol. The maximum Gasteiger partial charge on any atom is 0.131 e. The summed E-state index contributed by atoms with van der Waals surface area (Å²) in [5, 5.41) is 9.31. The SMILES string of the molecule is Cc1cc(O)c(Br)c(Br)c1Br. The van der Waals surface area contributed by atoms with E-state index in [1.807, 2.05) is 6.92 Å². The number of halogens is 3. The average Bonchev–Trinajstić information content (AvgIpc) is 1.97. The maximum absolute atomic E-state index is 9.31. The summed E-state index contributed by atoms with van der Waals surface area (Å²) in [6, 6.07) is 1.69. The van der Waals surface area contributed by atoms with Gasteiger partial charge < -0.3 is 5.11 Å². The molecule has 1 aromatic rings. The van der Waals surface area contributed by atoms with Crippen molar-refractivity contribution >= 4 is 47.8 Å². The normalized spacial score (nSPS) is 10.2. The molecule has 60 valence electrons. The number of hydrogen-bond acceptors (Lipinski definition) is 1. The highest BCUT2D eigenvalue weighted by atomic mass is 79.9. The molecule has 0 fully saturated rings. The Balaban J connectivity index is 3.46. The molecule has 0 atom stereocenters. The number of aromatic hydroxyl groups is 1. The van der Waals surface area contributed by atoms with E-state index < -0.39 is 0 Å². The zero-order valence-electron chi connectivity index (χ0n) is 5.66. The molecule has 11 heavy (non-hydrogen) atoms. The Labute approximate surface area is 90.2 Å². The standard InChI is InChI=1S/C7H5Br3O/c1-3-2-4(11)6(9)7(10)5(3)8/h2,11H,1H3. The van der Waals surface area contributed by atoms with Crippen molar-refractivity contribution in [2.24, 2.45) is 0 Å². The first-order chi connectivity index (χ1) is 5.04. The average molecular weight is 345 g/mol. The second-order valence-corrected chi connectivity index (χ2v) is 4.53. The summed E-state index contributed by atoms with van der Waals surface area (Å²) in [6.07, 6.45) is 0. The molecule has 0 aliphatic rings. The first-order valence-corrected chi connectivity index (χ1v) is 5.25. The monoisotopic (exact) mass is 342 g/mol. The van der Waals surface area contributed by atoms with Gasteiger partial charge in [0.2, 0.25) is 0 Å². The van der Waals surface area contributed by atoms with Crippen molar-refractivity contribution in [1.82, 2.24) is 0 Å². The minimum Gasteiger partial charge on any atom is -0.507 e. The van der Waals surface area contributed by atoms with Gasteiger partial charge in [0.25, 0.3) is 0 Å². The van der Waals surface area contributed by atoms with Crippen molar-refractivity contribution < 1.29 is 5.11 Å². The van der Waals surface area contributed by atoms with Crippen molar-refractivity contribution in [3.8, 4) is 5.75 Å². The lowest BCUT2D eigenvalue weighted by Crippen LogP contribution is -1.80. The van der Waals surface area contributed by atoms with Crippen LogP contribution in [0.2, 0.25) is 0 Å².